The van der Waals surface area contributed by atoms with Crippen molar-refractivity contribution in [1.82, 2.24) is 10.4 Å². The molecular formula is C14H22N3O+. The predicted octanol–water partition coefficient (Wildman–Crippen LogP) is 0.357. The summed E-state index contributed by atoms with van der Waals surface area (Å²) in [5, 5.41) is 2.02. The second kappa shape index (κ2) is 6.52. The molecule has 0 radical (unpaired) electrons. The van der Waals surface area contributed by atoms with E-state index in [4.69, 9.17) is 0 Å². The molecule has 4 heteroatoms. The summed E-state index contributed by atoms with van der Waals surface area (Å²) in [6.07, 6.45) is 4.30. The van der Waals surface area contributed by atoms with Gasteiger partial charge in [-0.15, -0.1) is 0 Å². The number of hydrazine groups is 1. The van der Waals surface area contributed by atoms with Crippen LogP contribution in [0.2, 0.25) is 0 Å². The number of nitrogens with zero attached hydrogens (tertiary/aromatic N) is 1. The maximum Gasteiger partial charge on any atom is 0.292 e. The van der Waals surface area contributed by atoms with Crippen LogP contribution in [-0.4, -0.2) is 30.0 Å². The average molecular weight is 248 g/mol. The standard InChI is InChI=1S/C14H21N3O/c15-13(11-12-7-3-1-4-8-12)14(18)16-17-9-5-2-6-10-17/h1,3-4,7-8,13H,2,5-6,9-11,15H2,(H,16,18)/p+1/t13-/m0/s1. The first-order valence-electron chi connectivity index (χ1n) is 6.68. The van der Waals surface area contributed by atoms with E-state index in [1.807, 2.05) is 35.3 Å². The van der Waals surface area contributed by atoms with Crippen LogP contribution in [0.1, 0.15) is 24.8 Å². The van der Waals surface area contributed by atoms with E-state index in [2.05, 4.69) is 11.2 Å². The molecule has 1 aliphatic rings. The average Bonchev–Trinajstić information content (AvgIpc) is 2.41. The minimum Gasteiger partial charge on any atom is -0.347 e. The molecule has 0 aromatic heterocycles. The van der Waals surface area contributed by atoms with Crippen molar-refractivity contribution in [3.63, 3.8) is 0 Å². The van der Waals surface area contributed by atoms with Gasteiger partial charge in [-0.3, -0.25) is 10.2 Å². The molecule has 1 saturated heterocycles. The Kier molecular flexibility index (Phi) is 4.73. The van der Waals surface area contributed by atoms with Crippen LogP contribution in [0.4, 0.5) is 0 Å². The van der Waals surface area contributed by atoms with Crippen molar-refractivity contribution in [2.45, 2.75) is 31.7 Å². The first-order valence-corrected chi connectivity index (χ1v) is 6.68. The van der Waals surface area contributed by atoms with E-state index in [0.29, 0.717) is 6.42 Å². The molecule has 1 aromatic carbocycles. The van der Waals surface area contributed by atoms with Crippen molar-refractivity contribution >= 4 is 5.91 Å². The molecule has 1 aromatic rings. The van der Waals surface area contributed by atoms with Crippen molar-refractivity contribution in [2.24, 2.45) is 0 Å². The topological polar surface area (TPSA) is 60.0 Å². The molecular weight excluding hydrogens is 226 g/mol. The lowest BCUT2D eigenvalue weighted by Crippen LogP contribution is -2.70. The lowest BCUT2D eigenvalue weighted by molar-refractivity contribution is -0.403. The number of carbonyl (C=O) groups is 1. The van der Waals surface area contributed by atoms with Crippen LogP contribution in [0, 0.1) is 0 Å². The summed E-state index contributed by atoms with van der Waals surface area (Å²) in [6, 6.07) is 9.80. The Hall–Kier alpha value is -1.39. The molecule has 4 N–H and O–H groups in total. The molecule has 98 valence electrons. The van der Waals surface area contributed by atoms with Gasteiger partial charge in [-0.25, -0.2) is 5.01 Å². The Morgan fingerprint density at radius 3 is 2.56 bits per heavy atom. The Morgan fingerprint density at radius 1 is 1.22 bits per heavy atom. The first-order chi connectivity index (χ1) is 8.75. The quantitative estimate of drug-likeness (QED) is 0.808. The second-order valence-corrected chi connectivity index (χ2v) is 4.91. The van der Waals surface area contributed by atoms with Gasteiger partial charge in [0.05, 0.1) is 0 Å². The Bertz CT molecular complexity index is 374. The van der Waals surface area contributed by atoms with Gasteiger partial charge in [-0.05, 0) is 18.4 Å². The number of benzene rings is 1. The SMILES string of the molecule is [NH3+][C@@H](Cc1ccccc1)C(=O)NN1CCCCC1. The van der Waals surface area contributed by atoms with E-state index >= 15 is 0 Å². The number of amides is 1. The molecule has 1 fully saturated rings. The maximum atomic E-state index is 12.0. The Labute approximate surface area is 108 Å². The third-order valence-electron chi connectivity index (χ3n) is 3.32. The molecule has 0 spiro atoms. The number of rotatable bonds is 4. The lowest BCUT2D eigenvalue weighted by Gasteiger charge is -2.27. The molecule has 4 nitrogen and oxygen atoms in total. The number of carbonyl (C=O) groups excluding carboxylic acids is 1. The predicted molar refractivity (Wildman–Crippen MR) is 70.4 cm³/mol. The summed E-state index contributed by atoms with van der Waals surface area (Å²) < 4.78 is 0. The van der Waals surface area contributed by atoms with Gasteiger partial charge in [0, 0.05) is 19.5 Å². The zero-order valence-corrected chi connectivity index (χ0v) is 10.8. The minimum atomic E-state index is -0.227. The van der Waals surface area contributed by atoms with Gasteiger partial charge >= 0.3 is 0 Å². The number of quaternary nitrogens is 1. The highest BCUT2D eigenvalue weighted by atomic mass is 16.2. The molecule has 0 bridgehead atoms. The summed E-state index contributed by atoms with van der Waals surface area (Å²) in [7, 11) is 0. The molecule has 0 saturated carbocycles. The van der Waals surface area contributed by atoms with Gasteiger partial charge in [0.1, 0.15) is 0 Å². The molecule has 1 heterocycles. The van der Waals surface area contributed by atoms with Crippen LogP contribution in [0.3, 0.4) is 0 Å². The van der Waals surface area contributed by atoms with Crippen LogP contribution < -0.4 is 11.2 Å². The molecule has 1 amide bonds. The summed E-state index contributed by atoms with van der Waals surface area (Å²) in [4.78, 5) is 12.0. The summed E-state index contributed by atoms with van der Waals surface area (Å²) in [5.74, 6) is 0.0285. The van der Waals surface area contributed by atoms with Crippen LogP contribution in [-0.2, 0) is 11.2 Å². The molecule has 1 atom stereocenters. The van der Waals surface area contributed by atoms with E-state index in [1.54, 1.807) is 0 Å². The van der Waals surface area contributed by atoms with Gasteiger partial charge in [0.2, 0.25) is 0 Å². The summed E-state index contributed by atoms with van der Waals surface area (Å²) >= 11 is 0. The van der Waals surface area contributed by atoms with E-state index in [1.165, 1.54) is 19.3 Å². The number of hydrogen-bond donors (Lipinski definition) is 2. The van der Waals surface area contributed by atoms with Gasteiger partial charge in [-0.1, -0.05) is 36.8 Å². The monoisotopic (exact) mass is 248 g/mol. The van der Waals surface area contributed by atoms with Crippen LogP contribution >= 0.6 is 0 Å². The minimum absolute atomic E-state index is 0.0285. The van der Waals surface area contributed by atoms with Gasteiger partial charge in [-0.2, -0.15) is 0 Å². The Balaban J connectivity index is 1.81. The normalized spacial score (nSPS) is 18.3. The summed E-state index contributed by atoms with van der Waals surface area (Å²) in [6.45, 7) is 1.92. The zero-order valence-electron chi connectivity index (χ0n) is 10.8. The van der Waals surface area contributed by atoms with Crippen molar-refractivity contribution in [1.29, 1.82) is 0 Å². The smallest absolute Gasteiger partial charge is 0.292 e. The van der Waals surface area contributed by atoms with Crippen LogP contribution in [0.5, 0.6) is 0 Å². The third kappa shape index (κ3) is 3.82. The van der Waals surface area contributed by atoms with Crippen molar-refractivity contribution in [2.75, 3.05) is 13.1 Å². The van der Waals surface area contributed by atoms with E-state index in [0.717, 1.165) is 18.7 Å². The molecule has 0 aliphatic carbocycles. The lowest BCUT2D eigenvalue weighted by atomic mass is 10.1. The number of nitrogens with one attached hydrogen (secondary N) is 1. The zero-order chi connectivity index (χ0) is 12.8. The molecule has 2 rings (SSSR count). The van der Waals surface area contributed by atoms with E-state index < -0.39 is 0 Å². The van der Waals surface area contributed by atoms with E-state index in [-0.39, 0.29) is 11.9 Å². The highest BCUT2D eigenvalue weighted by Crippen LogP contribution is 2.06. The highest BCUT2D eigenvalue weighted by Gasteiger charge is 2.21. The third-order valence-corrected chi connectivity index (χ3v) is 3.32. The van der Waals surface area contributed by atoms with Gasteiger partial charge in [0.25, 0.3) is 5.91 Å². The van der Waals surface area contributed by atoms with Gasteiger partial charge < -0.3 is 5.73 Å². The highest BCUT2D eigenvalue weighted by molar-refractivity contribution is 5.79. The van der Waals surface area contributed by atoms with Crippen LogP contribution in [0.15, 0.2) is 30.3 Å². The Morgan fingerprint density at radius 2 is 1.89 bits per heavy atom. The van der Waals surface area contributed by atoms with Crippen molar-refractivity contribution in [3.05, 3.63) is 35.9 Å². The fourth-order valence-corrected chi connectivity index (χ4v) is 2.24. The molecule has 1 aliphatic heterocycles. The fraction of sp³-hybridized carbons (Fsp3) is 0.500. The maximum absolute atomic E-state index is 12.0. The second-order valence-electron chi connectivity index (χ2n) is 4.91. The van der Waals surface area contributed by atoms with Crippen molar-refractivity contribution < 1.29 is 10.5 Å². The molecule has 0 unspecified atom stereocenters. The summed E-state index contributed by atoms with van der Waals surface area (Å²) in [5.41, 5.74) is 8.09. The largest absolute Gasteiger partial charge is 0.347 e. The van der Waals surface area contributed by atoms with Crippen LogP contribution in [0.25, 0.3) is 0 Å². The first kappa shape index (κ1) is 13.1. The van der Waals surface area contributed by atoms with Gasteiger partial charge in [0.15, 0.2) is 6.04 Å². The number of hydrogen-bond acceptors (Lipinski definition) is 2. The number of piperidine rings is 1. The van der Waals surface area contributed by atoms with Crippen molar-refractivity contribution in [3.8, 4) is 0 Å². The fourth-order valence-electron chi connectivity index (χ4n) is 2.24. The van der Waals surface area contributed by atoms with E-state index in [9.17, 15) is 4.79 Å². The molecule has 18 heavy (non-hydrogen) atoms.